The highest BCUT2D eigenvalue weighted by molar-refractivity contribution is 7.08. The van der Waals surface area contributed by atoms with Crippen LogP contribution in [-0.2, 0) is 6.18 Å². The largest absolute Gasteiger partial charge is 0.417 e. The molecule has 0 bridgehead atoms. The second-order valence-corrected chi connectivity index (χ2v) is 5.56. The maximum Gasteiger partial charge on any atom is 0.417 e. The summed E-state index contributed by atoms with van der Waals surface area (Å²) in [4.78, 5) is 0. The van der Waals surface area contributed by atoms with Crippen LogP contribution >= 0.6 is 11.3 Å². The van der Waals surface area contributed by atoms with Crippen molar-refractivity contribution in [1.29, 1.82) is 0 Å². The number of alkyl halides is 3. The lowest BCUT2D eigenvalue weighted by Crippen LogP contribution is -2.28. The lowest BCUT2D eigenvalue weighted by molar-refractivity contribution is -0.138. The fraction of sp³-hybridized carbons (Fsp3) is 0.692. The Bertz CT molecular complexity index is 380. The van der Waals surface area contributed by atoms with E-state index in [1.807, 2.05) is 6.92 Å². The average molecular weight is 277 g/mol. The van der Waals surface area contributed by atoms with E-state index in [4.69, 9.17) is 0 Å². The Balaban J connectivity index is 2.27. The first-order valence-electron chi connectivity index (χ1n) is 6.40. The lowest BCUT2D eigenvalue weighted by atomic mass is 9.91. The van der Waals surface area contributed by atoms with Gasteiger partial charge >= 0.3 is 6.18 Å². The molecule has 1 N–H and O–H groups in total. The topological polar surface area (TPSA) is 12.0 Å². The van der Waals surface area contributed by atoms with Crippen LogP contribution in [0.5, 0.6) is 0 Å². The Hall–Kier alpha value is -0.550. The first kappa shape index (κ1) is 13.9. The Morgan fingerprint density at radius 1 is 1.33 bits per heavy atom. The Morgan fingerprint density at radius 3 is 2.56 bits per heavy atom. The number of halogens is 3. The first-order valence-corrected chi connectivity index (χ1v) is 7.35. The molecule has 0 amide bonds. The van der Waals surface area contributed by atoms with Gasteiger partial charge in [0.25, 0.3) is 0 Å². The average Bonchev–Trinajstić information content (AvgIpc) is 2.96. The van der Waals surface area contributed by atoms with Gasteiger partial charge in [0.05, 0.1) is 5.56 Å². The van der Waals surface area contributed by atoms with Crippen LogP contribution < -0.4 is 5.32 Å². The van der Waals surface area contributed by atoms with Gasteiger partial charge in [-0.05, 0) is 36.2 Å². The predicted molar refractivity (Wildman–Crippen MR) is 67.7 cm³/mol. The first-order chi connectivity index (χ1) is 8.54. The smallest absolute Gasteiger partial charge is 0.310 e. The summed E-state index contributed by atoms with van der Waals surface area (Å²) in [5.41, 5.74) is -0.00778. The minimum absolute atomic E-state index is 0.139. The van der Waals surface area contributed by atoms with Crippen molar-refractivity contribution in [3.05, 3.63) is 21.9 Å². The molecule has 5 heteroatoms. The van der Waals surface area contributed by atoms with E-state index in [1.54, 1.807) is 5.38 Å². The van der Waals surface area contributed by atoms with Crippen LogP contribution in [0.2, 0.25) is 0 Å². The predicted octanol–water partition coefficient (Wildman–Crippen LogP) is 4.61. The summed E-state index contributed by atoms with van der Waals surface area (Å²) in [6, 6.07) is -0.139. The molecule has 1 unspecified atom stereocenters. The van der Waals surface area contributed by atoms with Crippen LogP contribution in [0.25, 0.3) is 0 Å². The zero-order chi connectivity index (χ0) is 13.2. The quantitative estimate of drug-likeness (QED) is 0.847. The van der Waals surface area contributed by atoms with Crippen LogP contribution in [-0.4, -0.2) is 6.54 Å². The molecule has 1 nitrogen and oxygen atoms in total. The molecule has 1 atom stereocenters. The summed E-state index contributed by atoms with van der Waals surface area (Å²) in [5, 5.41) is 6.14. The van der Waals surface area contributed by atoms with Crippen molar-refractivity contribution >= 4 is 11.3 Å². The van der Waals surface area contributed by atoms with Crippen LogP contribution in [0, 0.1) is 5.92 Å². The zero-order valence-electron chi connectivity index (χ0n) is 10.4. The normalized spacial score (nSPS) is 19.3. The molecule has 0 spiro atoms. The number of hydrogen-bond acceptors (Lipinski definition) is 2. The molecule has 1 aliphatic carbocycles. The van der Waals surface area contributed by atoms with Gasteiger partial charge < -0.3 is 5.32 Å². The van der Waals surface area contributed by atoms with Gasteiger partial charge in [-0.2, -0.15) is 24.5 Å². The van der Waals surface area contributed by atoms with Crippen LogP contribution in [0.15, 0.2) is 10.8 Å². The van der Waals surface area contributed by atoms with Crippen LogP contribution in [0.1, 0.15) is 49.8 Å². The summed E-state index contributed by atoms with van der Waals surface area (Å²) < 4.78 is 38.8. The highest BCUT2D eigenvalue weighted by Crippen LogP contribution is 2.42. The monoisotopic (exact) mass is 277 g/mol. The van der Waals surface area contributed by atoms with Gasteiger partial charge in [-0.1, -0.05) is 19.8 Å². The number of hydrogen-bond donors (Lipinski definition) is 1. The van der Waals surface area contributed by atoms with Crippen molar-refractivity contribution in [2.24, 2.45) is 5.92 Å². The van der Waals surface area contributed by atoms with Crippen molar-refractivity contribution in [3.8, 4) is 0 Å². The van der Waals surface area contributed by atoms with E-state index < -0.39 is 11.7 Å². The molecule has 2 rings (SSSR count). The highest BCUT2D eigenvalue weighted by Gasteiger charge is 2.38. The van der Waals surface area contributed by atoms with Crippen molar-refractivity contribution < 1.29 is 13.2 Å². The maximum absolute atomic E-state index is 12.9. The summed E-state index contributed by atoms with van der Waals surface area (Å²) in [7, 11) is 0. The molecule has 1 aromatic heterocycles. The molecule has 102 valence electrons. The van der Waals surface area contributed by atoms with E-state index in [1.165, 1.54) is 5.38 Å². The minimum Gasteiger partial charge on any atom is -0.310 e. The van der Waals surface area contributed by atoms with Gasteiger partial charge in [-0.3, -0.25) is 0 Å². The van der Waals surface area contributed by atoms with Gasteiger partial charge in [-0.15, -0.1) is 0 Å². The van der Waals surface area contributed by atoms with E-state index in [9.17, 15) is 13.2 Å². The van der Waals surface area contributed by atoms with E-state index in [-0.39, 0.29) is 6.04 Å². The van der Waals surface area contributed by atoms with Crippen molar-refractivity contribution in [3.63, 3.8) is 0 Å². The Kier molecular flexibility index (Phi) is 4.33. The minimum atomic E-state index is -4.23. The van der Waals surface area contributed by atoms with Gasteiger partial charge in [0.15, 0.2) is 0 Å². The summed E-state index contributed by atoms with van der Waals surface area (Å²) >= 11 is 1.15. The molecule has 18 heavy (non-hydrogen) atoms. The molecule has 0 aliphatic heterocycles. The number of rotatable bonds is 4. The van der Waals surface area contributed by atoms with Gasteiger partial charge in [0, 0.05) is 11.4 Å². The molecule has 1 heterocycles. The lowest BCUT2D eigenvalue weighted by Gasteiger charge is -2.25. The SMILES string of the molecule is CCNC(c1cscc1C(F)(F)F)C1CCCC1. The molecular weight excluding hydrogens is 259 g/mol. The second kappa shape index (κ2) is 5.61. The molecule has 0 aromatic carbocycles. The van der Waals surface area contributed by atoms with E-state index >= 15 is 0 Å². The standard InChI is InChI=1S/C13H18F3NS/c1-2-17-12(9-5-3-4-6-9)10-7-18-8-11(10)13(14,15)16/h7-9,12,17H,2-6H2,1H3. The van der Waals surface area contributed by atoms with E-state index in [0.717, 1.165) is 37.0 Å². The van der Waals surface area contributed by atoms with Gasteiger partial charge in [-0.25, -0.2) is 0 Å². The molecule has 0 saturated heterocycles. The fourth-order valence-electron chi connectivity index (χ4n) is 2.82. The van der Waals surface area contributed by atoms with Crippen molar-refractivity contribution in [2.45, 2.75) is 44.8 Å². The third kappa shape index (κ3) is 2.88. The van der Waals surface area contributed by atoms with Crippen LogP contribution in [0.3, 0.4) is 0 Å². The molecule has 1 aromatic rings. The second-order valence-electron chi connectivity index (χ2n) is 4.82. The van der Waals surface area contributed by atoms with E-state index in [2.05, 4.69) is 5.32 Å². The summed E-state index contributed by atoms with van der Waals surface area (Å²) in [6.07, 6.45) is 0.104. The molecule has 0 radical (unpaired) electrons. The third-order valence-electron chi connectivity index (χ3n) is 3.63. The van der Waals surface area contributed by atoms with Gasteiger partial charge in [0.2, 0.25) is 0 Å². The van der Waals surface area contributed by atoms with Crippen molar-refractivity contribution in [1.82, 2.24) is 5.32 Å². The van der Waals surface area contributed by atoms with E-state index in [0.29, 0.717) is 18.0 Å². The highest BCUT2D eigenvalue weighted by atomic mass is 32.1. The molecular formula is C13H18F3NS. The molecule has 1 fully saturated rings. The molecule has 1 aliphatic rings. The Labute approximate surface area is 109 Å². The van der Waals surface area contributed by atoms with Crippen molar-refractivity contribution in [2.75, 3.05) is 6.54 Å². The van der Waals surface area contributed by atoms with Crippen LogP contribution in [0.4, 0.5) is 13.2 Å². The maximum atomic E-state index is 12.9. The fourth-order valence-corrected chi connectivity index (χ4v) is 3.71. The Morgan fingerprint density at radius 2 is 2.00 bits per heavy atom. The zero-order valence-corrected chi connectivity index (χ0v) is 11.2. The summed E-state index contributed by atoms with van der Waals surface area (Å²) in [6.45, 7) is 2.65. The third-order valence-corrected chi connectivity index (χ3v) is 4.39. The molecule has 1 saturated carbocycles. The summed E-state index contributed by atoms with van der Waals surface area (Å²) in [5.74, 6) is 0.348. The number of thiophene rings is 1. The van der Waals surface area contributed by atoms with Gasteiger partial charge in [0.1, 0.15) is 0 Å². The number of nitrogens with one attached hydrogen (secondary N) is 1.